The average Bonchev–Trinajstić information content (AvgIpc) is 3.11. The third kappa shape index (κ3) is 7.47. The normalized spacial score (nSPS) is 18.7. The van der Waals surface area contributed by atoms with Crippen LogP contribution in [0.5, 0.6) is 5.75 Å². The van der Waals surface area contributed by atoms with E-state index in [1.54, 1.807) is 12.1 Å². The molecule has 2 aromatic carbocycles. The Morgan fingerprint density at radius 1 is 0.974 bits per heavy atom. The molecule has 2 aromatic rings. The van der Waals surface area contributed by atoms with Crippen LogP contribution in [0.3, 0.4) is 0 Å². The minimum atomic E-state index is -0.376. The lowest BCUT2D eigenvalue weighted by atomic mass is 9.77. The maximum Gasteiger partial charge on any atom is 0.337 e. The SMILES string of the molecule is Br.CCCC1CC(CC(=O)c2cc(C(C)(C)C)c(O)c(C(C)(C)C)c2)C(=N)/C1=C\c1ccc(C(=O)OC)cc1. The van der Waals surface area contributed by atoms with Crippen molar-refractivity contribution in [2.45, 2.75) is 85.0 Å². The molecule has 5 nitrogen and oxygen atoms in total. The molecule has 2 atom stereocenters. The van der Waals surface area contributed by atoms with Crippen molar-refractivity contribution in [3.05, 3.63) is 69.8 Å². The summed E-state index contributed by atoms with van der Waals surface area (Å²) in [6.07, 6.45) is 5.04. The van der Waals surface area contributed by atoms with Crippen molar-refractivity contribution in [2.24, 2.45) is 11.8 Å². The Balaban J connectivity index is 0.00000533. The molecule has 1 aliphatic rings. The molecule has 0 heterocycles. The van der Waals surface area contributed by atoms with Crippen LogP contribution in [0.4, 0.5) is 0 Å². The second-order valence-electron chi connectivity index (χ2n) is 12.6. The Kier molecular flexibility index (Phi) is 10.5. The third-order valence-corrected chi connectivity index (χ3v) is 7.50. The Labute approximate surface area is 244 Å². The lowest BCUT2D eigenvalue weighted by Gasteiger charge is -2.28. The van der Waals surface area contributed by atoms with E-state index in [1.165, 1.54) is 7.11 Å². The second kappa shape index (κ2) is 12.6. The van der Waals surface area contributed by atoms with Crippen LogP contribution >= 0.6 is 17.0 Å². The molecule has 0 bridgehead atoms. The number of rotatable bonds is 7. The highest BCUT2D eigenvalue weighted by atomic mass is 79.9. The summed E-state index contributed by atoms with van der Waals surface area (Å²) >= 11 is 0. The first-order valence-corrected chi connectivity index (χ1v) is 13.6. The number of methoxy groups -OCH3 is 1. The maximum absolute atomic E-state index is 13.6. The van der Waals surface area contributed by atoms with Gasteiger partial charge in [-0.3, -0.25) is 4.79 Å². The smallest absolute Gasteiger partial charge is 0.337 e. The van der Waals surface area contributed by atoms with Crippen molar-refractivity contribution in [1.82, 2.24) is 0 Å². The van der Waals surface area contributed by atoms with Gasteiger partial charge in [0.15, 0.2) is 5.78 Å². The van der Waals surface area contributed by atoms with E-state index in [9.17, 15) is 14.7 Å². The summed E-state index contributed by atoms with van der Waals surface area (Å²) in [6, 6.07) is 10.9. The van der Waals surface area contributed by atoms with Gasteiger partial charge in [0, 0.05) is 34.7 Å². The molecule has 2 N–H and O–H groups in total. The maximum atomic E-state index is 13.6. The van der Waals surface area contributed by atoms with Gasteiger partial charge in [0.1, 0.15) is 5.75 Å². The number of phenols is 1. The lowest BCUT2D eigenvalue weighted by Crippen LogP contribution is -2.20. The fourth-order valence-electron chi connectivity index (χ4n) is 5.34. The fraction of sp³-hybridized carbons (Fsp3) is 0.485. The van der Waals surface area contributed by atoms with E-state index >= 15 is 0 Å². The van der Waals surface area contributed by atoms with Crippen molar-refractivity contribution >= 4 is 40.5 Å². The van der Waals surface area contributed by atoms with Crippen molar-refractivity contribution in [1.29, 1.82) is 5.41 Å². The summed E-state index contributed by atoms with van der Waals surface area (Å²) in [5.74, 6) is -0.0275. The summed E-state index contributed by atoms with van der Waals surface area (Å²) in [6.45, 7) is 14.4. The number of aromatic hydroxyl groups is 1. The predicted molar refractivity (Wildman–Crippen MR) is 165 cm³/mol. The molecular weight excluding hydrogens is 554 g/mol. The number of phenolic OH excluding ortho intramolecular Hbond substituents is 1. The summed E-state index contributed by atoms with van der Waals surface area (Å²) < 4.78 is 4.79. The van der Waals surface area contributed by atoms with Crippen molar-refractivity contribution < 1.29 is 19.4 Å². The Hall–Kier alpha value is -2.73. The number of nitrogens with one attached hydrogen (secondary N) is 1. The van der Waals surface area contributed by atoms with Gasteiger partial charge in [-0.05, 0) is 71.1 Å². The minimum Gasteiger partial charge on any atom is -0.507 e. The van der Waals surface area contributed by atoms with Gasteiger partial charge < -0.3 is 15.3 Å². The Morgan fingerprint density at radius 3 is 1.97 bits per heavy atom. The zero-order valence-electron chi connectivity index (χ0n) is 24.6. The van der Waals surface area contributed by atoms with Gasteiger partial charge in [-0.2, -0.15) is 0 Å². The number of benzene rings is 2. The molecule has 0 amide bonds. The van der Waals surface area contributed by atoms with Gasteiger partial charge in [-0.1, -0.05) is 67.0 Å². The number of halogens is 1. The van der Waals surface area contributed by atoms with E-state index in [2.05, 4.69) is 6.92 Å². The number of esters is 1. The molecule has 2 unspecified atom stereocenters. The van der Waals surface area contributed by atoms with Gasteiger partial charge in [-0.15, -0.1) is 17.0 Å². The van der Waals surface area contributed by atoms with Crippen molar-refractivity contribution in [2.75, 3.05) is 7.11 Å². The molecule has 1 saturated carbocycles. The fourth-order valence-corrected chi connectivity index (χ4v) is 5.34. The molecule has 1 aliphatic carbocycles. The molecule has 3 rings (SSSR count). The zero-order chi connectivity index (χ0) is 28.4. The summed E-state index contributed by atoms with van der Waals surface area (Å²) in [5.41, 5.74) is 4.44. The average molecular weight is 599 g/mol. The molecular formula is C33H44BrNO4. The Morgan fingerprint density at radius 2 is 1.51 bits per heavy atom. The van der Waals surface area contributed by atoms with E-state index in [0.717, 1.165) is 41.5 Å². The van der Waals surface area contributed by atoms with Crippen LogP contribution in [0.2, 0.25) is 0 Å². The molecule has 212 valence electrons. The van der Waals surface area contributed by atoms with Crippen LogP contribution in [0.15, 0.2) is 42.0 Å². The molecule has 0 spiro atoms. The molecule has 39 heavy (non-hydrogen) atoms. The molecule has 0 aliphatic heterocycles. The zero-order valence-corrected chi connectivity index (χ0v) is 26.3. The standard InChI is InChI=1S/C33H43NO4.BrH/c1-9-10-22-16-24(29(34)25(22)15-20-11-13-21(14-12-20)31(37)38-8)19-28(35)23-17-26(32(2,3)4)30(36)27(18-23)33(5,6)7;/h11-15,17-18,22,24,34,36H,9-10,16,19H2,1-8H3;1H/b25-15-,34-29?;. The van der Waals surface area contributed by atoms with Crippen LogP contribution in [-0.4, -0.2) is 29.7 Å². The first-order valence-electron chi connectivity index (χ1n) is 13.6. The van der Waals surface area contributed by atoms with Gasteiger partial charge in [-0.25, -0.2) is 4.79 Å². The van der Waals surface area contributed by atoms with E-state index in [1.807, 2.05) is 71.9 Å². The number of ketones is 1. The molecule has 0 aromatic heterocycles. The second-order valence-corrected chi connectivity index (χ2v) is 12.6. The molecule has 1 fully saturated rings. The predicted octanol–water partition coefficient (Wildman–Crippen LogP) is 8.46. The molecule has 0 radical (unpaired) electrons. The number of ether oxygens (including phenoxy) is 1. The minimum absolute atomic E-state index is 0. The van der Waals surface area contributed by atoms with Gasteiger partial charge >= 0.3 is 5.97 Å². The topological polar surface area (TPSA) is 87.5 Å². The number of Topliss-reactive ketones (excluding diaryl/α,β-unsaturated/α-hetero) is 1. The number of carbonyl (C=O) groups is 2. The van der Waals surface area contributed by atoms with Crippen LogP contribution in [0.25, 0.3) is 6.08 Å². The lowest BCUT2D eigenvalue weighted by molar-refractivity contribution is 0.0600. The van der Waals surface area contributed by atoms with E-state index in [0.29, 0.717) is 16.8 Å². The van der Waals surface area contributed by atoms with Gasteiger partial charge in [0.05, 0.1) is 12.7 Å². The third-order valence-electron chi connectivity index (χ3n) is 7.50. The first-order chi connectivity index (χ1) is 17.7. The van der Waals surface area contributed by atoms with E-state index in [4.69, 9.17) is 10.1 Å². The number of hydrogen-bond donors (Lipinski definition) is 2. The van der Waals surface area contributed by atoms with Crippen LogP contribution < -0.4 is 0 Å². The number of allylic oxidation sites excluding steroid dienone is 1. The van der Waals surface area contributed by atoms with Crippen molar-refractivity contribution in [3.8, 4) is 5.75 Å². The molecule has 6 heteroatoms. The van der Waals surface area contributed by atoms with Crippen LogP contribution in [0, 0.1) is 17.2 Å². The number of hydrogen-bond acceptors (Lipinski definition) is 5. The van der Waals surface area contributed by atoms with Gasteiger partial charge in [0.25, 0.3) is 0 Å². The summed E-state index contributed by atoms with van der Waals surface area (Å²) in [4.78, 5) is 25.4. The quantitative estimate of drug-likeness (QED) is 0.247. The summed E-state index contributed by atoms with van der Waals surface area (Å²) in [7, 11) is 1.36. The highest BCUT2D eigenvalue weighted by Gasteiger charge is 2.36. The highest BCUT2D eigenvalue weighted by molar-refractivity contribution is 8.93. The van der Waals surface area contributed by atoms with Crippen molar-refractivity contribution in [3.63, 3.8) is 0 Å². The summed E-state index contributed by atoms with van der Waals surface area (Å²) in [5, 5.41) is 20.0. The highest BCUT2D eigenvalue weighted by Crippen LogP contribution is 2.42. The van der Waals surface area contributed by atoms with E-state index in [-0.39, 0.29) is 63.6 Å². The monoisotopic (exact) mass is 597 g/mol. The molecule has 0 saturated heterocycles. The largest absolute Gasteiger partial charge is 0.507 e. The Bertz CT molecular complexity index is 1210. The van der Waals surface area contributed by atoms with Crippen LogP contribution in [0.1, 0.15) is 112 Å². The van der Waals surface area contributed by atoms with Gasteiger partial charge in [0.2, 0.25) is 0 Å². The first kappa shape index (κ1) is 32.5. The van der Waals surface area contributed by atoms with E-state index < -0.39 is 0 Å². The number of carbonyl (C=O) groups excluding carboxylic acids is 2. The van der Waals surface area contributed by atoms with Crippen LogP contribution in [-0.2, 0) is 15.6 Å².